The molecule has 1 aromatic heterocycles. The highest BCUT2D eigenvalue weighted by atomic mass is 32.2. The first-order valence-corrected chi connectivity index (χ1v) is 9.79. The molecule has 0 radical (unpaired) electrons. The van der Waals surface area contributed by atoms with Gasteiger partial charge < -0.3 is 10.3 Å². The summed E-state index contributed by atoms with van der Waals surface area (Å²) in [6, 6.07) is 5.84. The van der Waals surface area contributed by atoms with Crippen molar-refractivity contribution in [3.05, 3.63) is 45.2 Å². The minimum atomic E-state index is -3.15. The number of carbonyl (C=O) groups excluding carboxylic acids is 1. The van der Waals surface area contributed by atoms with Crippen molar-refractivity contribution < 1.29 is 13.2 Å². The highest BCUT2D eigenvalue weighted by molar-refractivity contribution is 7.90. The van der Waals surface area contributed by atoms with E-state index in [0.717, 1.165) is 28.3 Å². The fourth-order valence-electron chi connectivity index (χ4n) is 2.60. The molecule has 1 aromatic carbocycles. The van der Waals surface area contributed by atoms with Gasteiger partial charge in [-0.1, -0.05) is 6.07 Å². The van der Waals surface area contributed by atoms with Gasteiger partial charge in [0.15, 0.2) is 0 Å². The zero-order valence-electron chi connectivity index (χ0n) is 14.1. The summed E-state index contributed by atoms with van der Waals surface area (Å²) in [5.41, 5.74) is 3.40. The number of fused-ring (bicyclic) bond motifs is 1. The lowest BCUT2D eigenvalue weighted by atomic mass is 10.0. The zero-order chi connectivity index (χ0) is 17.9. The summed E-state index contributed by atoms with van der Waals surface area (Å²) in [5.74, 6) is -0.502. The Hall–Kier alpha value is -2.15. The van der Waals surface area contributed by atoms with E-state index in [9.17, 15) is 18.0 Å². The molecule has 24 heavy (non-hydrogen) atoms. The predicted molar refractivity (Wildman–Crippen MR) is 95.1 cm³/mol. The van der Waals surface area contributed by atoms with Crippen LogP contribution in [0.15, 0.2) is 23.0 Å². The van der Waals surface area contributed by atoms with Crippen molar-refractivity contribution in [1.82, 2.24) is 10.3 Å². The first-order valence-electron chi connectivity index (χ1n) is 7.73. The molecular weight excluding hydrogens is 328 g/mol. The Morgan fingerprint density at radius 1 is 1.21 bits per heavy atom. The number of H-pyrrole nitrogens is 1. The molecule has 0 saturated carbocycles. The van der Waals surface area contributed by atoms with Crippen LogP contribution in [0.5, 0.6) is 0 Å². The van der Waals surface area contributed by atoms with Gasteiger partial charge in [0.05, 0.1) is 5.75 Å². The molecule has 130 valence electrons. The number of aryl methyl sites for hydroxylation is 2. The summed E-state index contributed by atoms with van der Waals surface area (Å²) in [5, 5.41) is 3.63. The third-order valence-electron chi connectivity index (χ3n) is 3.81. The van der Waals surface area contributed by atoms with Crippen molar-refractivity contribution in [2.24, 2.45) is 0 Å². The first kappa shape index (κ1) is 18.2. The van der Waals surface area contributed by atoms with Gasteiger partial charge in [0.25, 0.3) is 5.56 Å². The molecule has 6 nitrogen and oxygen atoms in total. The molecule has 1 heterocycles. The number of pyridine rings is 1. The van der Waals surface area contributed by atoms with Gasteiger partial charge in [0.1, 0.15) is 9.84 Å². The zero-order valence-corrected chi connectivity index (χ0v) is 14.9. The van der Waals surface area contributed by atoms with E-state index in [-0.39, 0.29) is 23.6 Å². The Kier molecular flexibility index (Phi) is 5.43. The van der Waals surface area contributed by atoms with Crippen molar-refractivity contribution in [3.8, 4) is 0 Å². The van der Waals surface area contributed by atoms with E-state index in [1.165, 1.54) is 0 Å². The number of hydrogen-bond donors (Lipinski definition) is 2. The summed E-state index contributed by atoms with van der Waals surface area (Å²) in [7, 11) is -3.15. The third-order valence-corrected chi connectivity index (χ3v) is 4.75. The Labute approximate surface area is 141 Å². The summed E-state index contributed by atoms with van der Waals surface area (Å²) >= 11 is 0. The van der Waals surface area contributed by atoms with E-state index in [1.807, 2.05) is 26.0 Å². The second-order valence-electron chi connectivity index (χ2n) is 6.15. The molecule has 2 aromatic rings. The van der Waals surface area contributed by atoms with Crippen molar-refractivity contribution in [2.45, 2.75) is 26.7 Å². The van der Waals surface area contributed by atoms with Gasteiger partial charge >= 0.3 is 0 Å². The average molecular weight is 350 g/mol. The van der Waals surface area contributed by atoms with Crippen LogP contribution in [0.3, 0.4) is 0 Å². The molecule has 0 saturated heterocycles. The van der Waals surface area contributed by atoms with Crippen molar-refractivity contribution in [3.63, 3.8) is 0 Å². The lowest BCUT2D eigenvalue weighted by Crippen LogP contribution is -2.28. The summed E-state index contributed by atoms with van der Waals surface area (Å²) in [6.45, 7) is 4.26. The number of amides is 1. The number of benzene rings is 1. The Balaban J connectivity index is 2.04. The Bertz CT molecular complexity index is 929. The maximum absolute atomic E-state index is 12.1. The van der Waals surface area contributed by atoms with Crippen LogP contribution in [0.25, 0.3) is 10.9 Å². The van der Waals surface area contributed by atoms with Crippen LogP contribution in [-0.2, 0) is 21.1 Å². The van der Waals surface area contributed by atoms with Gasteiger partial charge in [-0.05, 0) is 43.5 Å². The quantitative estimate of drug-likeness (QED) is 0.819. The standard InChI is InChI=1S/C17H22N2O4S/c1-11-8-12(2)14-10-13(17(21)19-15(14)9-11)4-6-18-16(20)5-7-24(3,22)23/h8-10H,4-7H2,1-3H3,(H,18,20)(H,19,21). The molecule has 2 rings (SSSR count). The highest BCUT2D eigenvalue weighted by Gasteiger charge is 2.09. The van der Waals surface area contributed by atoms with Crippen LogP contribution in [0.2, 0.25) is 0 Å². The number of nitrogens with one attached hydrogen (secondary N) is 2. The van der Waals surface area contributed by atoms with Crippen molar-refractivity contribution >= 4 is 26.6 Å². The van der Waals surface area contributed by atoms with Gasteiger partial charge in [-0.3, -0.25) is 9.59 Å². The molecule has 0 bridgehead atoms. The van der Waals surface area contributed by atoms with Gasteiger partial charge in [-0.2, -0.15) is 0 Å². The predicted octanol–water partition coefficient (Wildman–Crippen LogP) is 1.24. The summed E-state index contributed by atoms with van der Waals surface area (Å²) in [6.07, 6.45) is 1.42. The number of hydrogen-bond acceptors (Lipinski definition) is 4. The minimum absolute atomic E-state index is 0.0642. The molecule has 7 heteroatoms. The Morgan fingerprint density at radius 2 is 1.92 bits per heavy atom. The normalized spacial score (nSPS) is 11.6. The number of aromatic nitrogens is 1. The van der Waals surface area contributed by atoms with E-state index >= 15 is 0 Å². The number of aromatic amines is 1. The number of carbonyl (C=O) groups is 1. The van der Waals surface area contributed by atoms with E-state index < -0.39 is 9.84 Å². The molecular formula is C17H22N2O4S. The van der Waals surface area contributed by atoms with Crippen LogP contribution >= 0.6 is 0 Å². The highest BCUT2D eigenvalue weighted by Crippen LogP contribution is 2.18. The van der Waals surface area contributed by atoms with Gasteiger partial charge in [-0.15, -0.1) is 0 Å². The second-order valence-corrected chi connectivity index (χ2v) is 8.41. The van der Waals surface area contributed by atoms with Crippen molar-refractivity contribution in [2.75, 3.05) is 18.6 Å². The fraction of sp³-hybridized carbons (Fsp3) is 0.412. The van der Waals surface area contributed by atoms with Crippen LogP contribution in [0, 0.1) is 13.8 Å². The number of rotatable bonds is 6. The average Bonchev–Trinajstić information content (AvgIpc) is 2.45. The molecule has 1 amide bonds. The first-order chi connectivity index (χ1) is 11.2. The molecule has 0 aliphatic carbocycles. The van der Waals surface area contributed by atoms with E-state index in [0.29, 0.717) is 18.5 Å². The SMILES string of the molecule is Cc1cc(C)c2cc(CCNC(=O)CCS(C)(=O)=O)c(=O)[nH]c2c1. The maximum atomic E-state index is 12.1. The van der Waals surface area contributed by atoms with Crippen LogP contribution < -0.4 is 10.9 Å². The fourth-order valence-corrected chi connectivity index (χ4v) is 3.16. The summed E-state index contributed by atoms with van der Waals surface area (Å²) < 4.78 is 22.1. The molecule has 0 atom stereocenters. The molecule has 0 spiro atoms. The smallest absolute Gasteiger partial charge is 0.251 e. The molecule has 2 N–H and O–H groups in total. The van der Waals surface area contributed by atoms with Crippen LogP contribution in [-0.4, -0.2) is 37.9 Å². The van der Waals surface area contributed by atoms with Gasteiger partial charge in [0.2, 0.25) is 5.91 Å². The minimum Gasteiger partial charge on any atom is -0.356 e. The molecule has 0 unspecified atom stereocenters. The lowest BCUT2D eigenvalue weighted by molar-refractivity contribution is -0.120. The van der Waals surface area contributed by atoms with Crippen LogP contribution in [0.4, 0.5) is 0 Å². The number of sulfone groups is 1. The molecule has 0 aliphatic heterocycles. The second kappa shape index (κ2) is 7.17. The monoisotopic (exact) mass is 350 g/mol. The van der Waals surface area contributed by atoms with E-state index in [4.69, 9.17) is 0 Å². The molecule has 0 fully saturated rings. The van der Waals surface area contributed by atoms with Gasteiger partial charge in [0, 0.05) is 35.7 Å². The third kappa shape index (κ3) is 4.92. The van der Waals surface area contributed by atoms with Crippen LogP contribution in [0.1, 0.15) is 23.1 Å². The van der Waals surface area contributed by atoms with E-state index in [1.54, 1.807) is 0 Å². The topological polar surface area (TPSA) is 96.1 Å². The largest absolute Gasteiger partial charge is 0.356 e. The van der Waals surface area contributed by atoms with Gasteiger partial charge in [-0.25, -0.2) is 8.42 Å². The summed E-state index contributed by atoms with van der Waals surface area (Å²) in [4.78, 5) is 26.6. The lowest BCUT2D eigenvalue weighted by Gasteiger charge is -2.08. The Morgan fingerprint density at radius 3 is 2.58 bits per heavy atom. The maximum Gasteiger partial charge on any atom is 0.251 e. The van der Waals surface area contributed by atoms with Crippen molar-refractivity contribution in [1.29, 1.82) is 0 Å². The molecule has 0 aliphatic rings. The van der Waals surface area contributed by atoms with E-state index in [2.05, 4.69) is 16.4 Å².